The zero-order valence-corrected chi connectivity index (χ0v) is 9.45. The summed E-state index contributed by atoms with van der Waals surface area (Å²) in [7, 11) is 0. The topological polar surface area (TPSA) is 49.9 Å². The van der Waals surface area contributed by atoms with Crippen molar-refractivity contribution in [2.45, 2.75) is 25.2 Å². The van der Waals surface area contributed by atoms with Crippen LogP contribution in [0.25, 0.3) is 0 Å². The van der Waals surface area contributed by atoms with Gasteiger partial charge in [-0.25, -0.2) is 0 Å². The van der Waals surface area contributed by atoms with Crippen molar-refractivity contribution in [2.24, 2.45) is 5.73 Å². The van der Waals surface area contributed by atoms with E-state index in [1.54, 1.807) is 11.8 Å². The van der Waals surface area contributed by atoms with E-state index in [4.69, 9.17) is 11.1 Å². The largest absolute Gasteiger partial charge is 0.384 e. The van der Waals surface area contributed by atoms with E-state index < -0.39 is 0 Å². The van der Waals surface area contributed by atoms with Crippen LogP contribution in [0.1, 0.15) is 24.5 Å². The van der Waals surface area contributed by atoms with Gasteiger partial charge in [0, 0.05) is 10.5 Å². The van der Waals surface area contributed by atoms with Crippen LogP contribution in [0.5, 0.6) is 0 Å². The van der Waals surface area contributed by atoms with Crippen LogP contribution in [0, 0.1) is 12.3 Å². The molecule has 0 heterocycles. The second-order valence-corrected chi connectivity index (χ2v) is 4.40. The number of nitrogen functional groups attached to an aromatic ring is 1. The highest BCUT2D eigenvalue weighted by atomic mass is 32.2. The standard InChI is InChI=1S/C11H16N2S/c1-3-6-14-10-5-4-8(2)7-9(10)11(12)13/h4-5,7H,3,6H2,1-2H3,(H3,12,13). The van der Waals surface area contributed by atoms with Crippen LogP contribution in [0.2, 0.25) is 0 Å². The zero-order valence-electron chi connectivity index (χ0n) is 8.63. The number of hydrogen-bond acceptors (Lipinski definition) is 2. The summed E-state index contributed by atoms with van der Waals surface area (Å²) in [5.74, 6) is 1.23. The number of benzene rings is 1. The lowest BCUT2D eigenvalue weighted by Crippen LogP contribution is -2.12. The van der Waals surface area contributed by atoms with Crippen molar-refractivity contribution in [3.8, 4) is 0 Å². The fraction of sp³-hybridized carbons (Fsp3) is 0.364. The molecule has 0 aromatic heterocycles. The van der Waals surface area contributed by atoms with Crippen molar-refractivity contribution in [2.75, 3.05) is 5.75 Å². The van der Waals surface area contributed by atoms with Gasteiger partial charge in [-0.15, -0.1) is 11.8 Å². The van der Waals surface area contributed by atoms with Crippen molar-refractivity contribution >= 4 is 17.6 Å². The third kappa shape index (κ3) is 2.77. The molecule has 14 heavy (non-hydrogen) atoms. The SMILES string of the molecule is CCCSc1ccc(C)cc1C(=N)N. The average molecular weight is 208 g/mol. The van der Waals surface area contributed by atoms with E-state index in [-0.39, 0.29) is 5.84 Å². The molecule has 1 aromatic carbocycles. The molecule has 1 aromatic rings. The lowest BCUT2D eigenvalue weighted by atomic mass is 10.1. The Balaban J connectivity index is 2.96. The molecular formula is C11H16N2S. The van der Waals surface area contributed by atoms with Gasteiger partial charge >= 0.3 is 0 Å². The van der Waals surface area contributed by atoms with Gasteiger partial charge in [0.15, 0.2) is 0 Å². The normalized spacial score (nSPS) is 10.1. The minimum absolute atomic E-state index is 0.160. The fourth-order valence-electron chi connectivity index (χ4n) is 1.19. The fourth-order valence-corrected chi connectivity index (χ4v) is 2.10. The summed E-state index contributed by atoms with van der Waals surface area (Å²) in [5.41, 5.74) is 7.54. The first-order valence-corrected chi connectivity index (χ1v) is 5.71. The number of nitrogens with one attached hydrogen (secondary N) is 1. The lowest BCUT2D eigenvalue weighted by Gasteiger charge is -2.07. The van der Waals surface area contributed by atoms with E-state index in [1.807, 2.05) is 19.1 Å². The van der Waals surface area contributed by atoms with Gasteiger partial charge in [-0.05, 0) is 31.2 Å². The van der Waals surface area contributed by atoms with Gasteiger partial charge in [0.1, 0.15) is 5.84 Å². The predicted molar refractivity (Wildman–Crippen MR) is 63.2 cm³/mol. The van der Waals surface area contributed by atoms with Crippen LogP contribution in [0.4, 0.5) is 0 Å². The van der Waals surface area contributed by atoms with Crippen LogP contribution in [-0.2, 0) is 0 Å². The highest BCUT2D eigenvalue weighted by molar-refractivity contribution is 7.99. The van der Waals surface area contributed by atoms with Crippen LogP contribution in [0.3, 0.4) is 0 Å². The summed E-state index contributed by atoms with van der Waals surface area (Å²) in [6.45, 7) is 4.16. The predicted octanol–water partition coefficient (Wildman–Crippen LogP) is 2.78. The van der Waals surface area contributed by atoms with Gasteiger partial charge in [0.25, 0.3) is 0 Å². The first-order chi connectivity index (χ1) is 6.65. The maximum atomic E-state index is 7.47. The second kappa shape index (κ2) is 5.05. The Morgan fingerprint density at radius 1 is 1.50 bits per heavy atom. The highest BCUT2D eigenvalue weighted by Gasteiger charge is 2.05. The molecule has 3 heteroatoms. The second-order valence-electron chi connectivity index (χ2n) is 3.26. The lowest BCUT2D eigenvalue weighted by molar-refractivity contribution is 1.10. The third-order valence-corrected chi connectivity index (χ3v) is 3.17. The highest BCUT2D eigenvalue weighted by Crippen LogP contribution is 2.23. The van der Waals surface area contributed by atoms with Crippen molar-refractivity contribution < 1.29 is 0 Å². The van der Waals surface area contributed by atoms with Crippen LogP contribution >= 0.6 is 11.8 Å². The molecule has 76 valence electrons. The molecule has 2 nitrogen and oxygen atoms in total. The Kier molecular flexibility index (Phi) is 4.01. The Bertz CT molecular complexity index is 334. The van der Waals surface area contributed by atoms with E-state index in [0.29, 0.717) is 0 Å². The molecule has 0 radical (unpaired) electrons. The van der Waals surface area contributed by atoms with E-state index >= 15 is 0 Å². The number of aryl methyl sites for hydroxylation is 1. The summed E-state index contributed by atoms with van der Waals surface area (Å²) in [5, 5.41) is 7.47. The maximum Gasteiger partial charge on any atom is 0.123 e. The minimum atomic E-state index is 0.160. The van der Waals surface area contributed by atoms with E-state index in [1.165, 1.54) is 0 Å². The molecule has 0 bridgehead atoms. The first-order valence-electron chi connectivity index (χ1n) is 4.73. The maximum absolute atomic E-state index is 7.47. The van der Waals surface area contributed by atoms with Gasteiger partial charge in [0.05, 0.1) is 0 Å². The summed E-state index contributed by atoms with van der Waals surface area (Å²) in [6, 6.07) is 6.08. The molecule has 1 rings (SSSR count). The van der Waals surface area contributed by atoms with Crippen molar-refractivity contribution in [3.63, 3.8) is 0 Å². The summed E-state index contributed by atoms with van der Waals surface area (Å²) >= 11 is 1.76. The van der Waals surface area contributed by atoms with E-state index in [2.05, 4.69) is 13.0 Å². The van der Waals surface area contributed by atoms with Gasteiger partial charge in [-0.2, -0.15) is 0 Å². The molecule has 0 spiro atoms. The van der Waals surface area contributed by atoms with Gasteiger partial charge in [-0.3, -0.25) is 5.41 Å². The average Bonchev–Trinajstić information content (AvgIpc) is 2.15. The molecule has 0 fully saturated rings. The Morgan fingerprint density at radius 3 is 2.79 bits per heavy atom. The van der Waals surface area contributed by atoms with Crippen molar-refractivity contribution in [1.82, 2.24) is 0 Å². The van der Waals surface area contributed by atoms with Crippen LogP contribution in [-0.4, -0.2) is 11.6 Å². The molecule has 0 unspecified atom stereocenters. The van der Waals surface area contributed by atoms with Crippen molar-refractivity contribution in [3.05, 3.63) is 29.3 Å². The monoisotopic (exact) mass is 208 g/mol. The van der Waals surface area contributed by atoms with Crippen molar-refractivity contribution in [1.29, 1.82) is 5.41 Å². The Morgan fingerprint density at radius 2 is 2.21 bits per heavy atom. The molecule has 0 amide bonds. The smallest absolute Gasteiger partial charge is 0.123 e. The molecule has 0 atom stereocenters. The molecule has 0 saturated carbocycles. The number of nitrogens with two attached hydrogens (primary N) is 1. The van der Waals surface area contributed by atoms with Crippen LogP contribution in [0.15, 0.2) is 23.1 Å². The Hall–Kier alpha value is -0.960. The molecule has 0 aliphatic rings. The Labute approximate surface area is 89.4 Å². The summed E-state index contributed by atoms with van der Waals surface area (Å²) < 4.78 is 0. The quantitative estimate of drug-likeness (QED) is 0.454. The number of amidine groups is 1. The summed E-state index contributed by atoms with van der Waals surface area (Å²) in [4.78, 5) is 1.12. The number of thioether (sulfide) groups is 1. The third-order valence-electron chi connectivity index (χ3n) is 1.89. The van der Waals surface area contributed by atoms with Crippen LogP contribution < -0.4 is 5.73 Å². The molecular weight excluding hydrogens is 192 g/mol. The molecule has 0 saturated heterocycles. The summed E-state index contributed by atoms with van der Waals surface area (Å²) in [6.07, 6.45) is 1.13. The van der Waals surface area contributed by atoms with E-state index in [9.17, 15) is 0 Å². The van der Waals surface area contributed by atoms with Gasteiger partial charge in [-0.1, -0.05) is 18.6 Å². The number of hydrogen-bond donors (Lipinski definition) is 2. The molecule has 0 aliphatic heterocycles. The van der Waals surface area contributed by atoms with Gasteiger partial charge in [0.2, 0.25) is 0 Å². The minimum Gasteiger partial charge on any atom is -0.384 e. The van der Waals surface area contributed by atoms with E-state index in [0.717, 1.165) is 28.2 Å². The molecule has 0 aliphatic carbocycles. The number of rotatable bonds is 4. The zero-order chi connectivity index (χ0) is 10.6. The van der Waals surface area contributed by atoms with Gasteiger partial charge < -0.3 is 5.73 Å². The first kappa shape index (κ1) is 11.1. The molecule has 3 N–H and O–H groups in total.